The van der Waals surface area contributed by atoms with Crippen molar-refractivity contribution in [2.24, 2.45) is 5.92 Å². The first kappa shape index (κ1) is 23.4. The Labute approximate surface area is 143 Å². The van der Waals surface area contributed by atoms with E-state index in [-0.39, 0.29) is 51.0 Å². The molecule has 1 aromatic carbocycles. The van der Waals surface area contributed by atoms with E-state index in [0.29, 0.717) is 0 Å². The van der Waals surface area contributed by atoms with Gasteiger partial charge in [0.2, 0.25) is 0 Å². The van der Waals surface area contributed by atoms with E-state index in [1.54, 1.807) is 0 Å². The fraction of sp³-hybridized carbons (Fsp3) is 0.400. The number of aryl methyl sites for hydroxylation is 1. The first-order valence-corrected chi connectivity index (χ1v) is 5.62. The van der Waals surface area contributed by atoms with Crippen LogP contribution in [0.15, 0.2) is 36.4 Å². The average Bonchev–Trinajstić information content (AvgIpc) is 2.78. The van der Waals surface area contributed by atoms with Crippen LogP contribution >= 0.6 is 0 Å². The second-order valence-electron chi connectivity index (χ2n) is 4.40. The first-order chi connectivity index (χ1) is 7.18. The maximum Gasteiger partial charge on any atom is 4.00 e. The minimum Gasteiger partial charge on any atom is -1.00 e. The third kappa shape index (κ3) is 11.4. The number of allylic oxidation sites excluding steroid dienone is 4. The Morgan fingerprint density at radius 3 is 2.28 bits per heavy atom. The van der Waals surface area contributed by atoms with Gasteiger partial charge in [0.25, 0.3) is 0 Å². The van der Waals surface area contributed by atoms with E-state index in [1.807, 2.05) is 12.2 Å². The molecule has 0 N–H and O–H groups in total. The van der Waals surface area contributed by atoms with Gasteiger partial charge >= 0.3 is 26.2 Å². The van der Waals surface area contributed by atoms with Crippen LogP contribution in [-0.4, -0.2) is 0 Å². The Balaban J connectivity index is -0.000000245. The van der Waals surface area contributed by atoms with Crippen molar-refractivity contribution in [3.05, 3.63) is 53.6 Å². The summed E-state index contributed by atoms with van der Waals surface area (Å²) in [5, 5.41) is 0. The summed E-state index contributed by atoms with van der Waals surface area (Å²) in [4.78, 5) is 0. The molecular formula is C15H20Cl2Zr. The molecule has 0 amide bonds. The van der Waals surface area contributed by atoms with Crippen molar-refractivity contribution >= 4 is 0 Å². The van der Waals surface area contributed by atoms with Gasteiger partial charge in [0, 0.05) is 0 Å². The Morgan fingerprint density at radius 1 is 1.33 bits per heavy atom. The fourth-order valence-corrected chi connectivity index (χ4v) is 1.57. The van der Waals surface area contributed by atoms with Crippen LogP contribution in [0.3, 0.4) is 0 Å². The molecule has 0 saturated carbocycles. The molecule has 0 aromatic heterocycles. The molecule has 0 radical (unpaired) electrons. The molecule has 0 atom stereocenters. The zero-order valence-corrected chi connectivity index (χ0v) is 15.2. The Hall–Kier alpha value is 0.293. The summed E-state index contributed by atoms with van der Waals surface area (Å²) >= 11 is 0. The third-order valence-electron chi connectivity index (χ3n) is 2.20. The molecule has 0 spiro atoms. The van der Waals surface area contributed by atoms with Crippen LogP contribution in [0.4, 0.5) is 0 Å². The smallest absolute Gasteiger partial charge is 1.00 e. The summed E-state index contributed by atoms with van der Waals surface area (Å²) in [6.45, 7) is 6.65. The van der Waals surface area contributed by atoms with Crippen molar-refractivity contribution in [2.45, 2.75) is 33.6 Å². The van der Waals surface area contributed by atoms with Gasteiger partial charge in [-0.3, -0.25) is 6.08 Å². The molecule has 0 nitrogen and oxygen atoms in total. The van der Waals surface area contributed by atoms with Crippen molar-refractivity contribution in [3.63, 3.8) is 0 Å². The predicted molar refractivity (Wildman–Crippen MR) is 66.9 cm³/mol. The van der Waals surface area contributed by atoms with Crippen LogP contribution in [0, 0.1) is 18.9 Å². The van der Waals surface area contributed by atoms with Gasteiger partial charge in [-0.25, -0.2) is 18.2 Å². The molecule has 0 unspecified atom stereocenters. The van der Waals surface area contributed by atoms with Crippen molar-refractivity contribution in [1.29, 1.82) is 0 Å². The molecule has 1 aliphatic rings. The molecule has 2 rings (SSSR count). The average molecular weight is 362 g/mol. The zero-order chi connectivity index (χ0) is 11.1. The number of hydrogen-bond acceptors (Lipinski definition) is 0. The van der Waals surface area contributed by atoms with Crippen molar-refractivity contribution in [2.75, 3.05) is 0 Å². The Bertz CT molecular complexity index is 328. The van der Waals surface area contributed by atoms with E-state index in [1.165, 1.54) is 17.5 Å². The summed E-state index contributed by atoms with van der Waals surface area (Å²) in [6.07, 6.45) is 11.2. The van der Waals surface area contributed by atoms with Gasteiger partial charge in [-0.2, -0.15) is 29.3 Å². The SMILES string of the molecule is C[c-]1ccc(CC(C)C)c1.[C-]1=CC=CC1.[Cl-].[Cl-].[Zr+4]. The topological polar surface area (TPSA) is 0 Å². The third-order valence-corrected chi connectivity index (χ3v) is 2.20. The van der Waals surface area contributed by atoms with Gasteiger partial charge in [0.05, 0.1) is 0 Å². The van der Waals surface area contributed by atoms with E-state index in [9.17, 15) is 0 Å². The molecule has 18 heavy (non-hydrogen) atoms. The normalized spacial score (nSPS) is 10.9. The molecule has 1 aromatic rings. The van der Waals surface area contributed by atoms with Gasteiger partial charge < -0.3 is 24.8 Å². The van der Waals surface area contributed by atoms with Crippen LogP contribution < -0.4 is 24.8 Å². The first-order valence-electron chi connectivity index (χ1n) is 5.62. The summed E-state index contributed by atoms with van der Waals surface area (Å²) in [6, 6.07) is 6.66. The molecule has 0 heterocycles. The van der Waals surface area contributed by atoms with Crippen molar-refractivity contribution < 1.29 is 51.0 Å². The van der Waals surface area contributed by atoms with E-state index in [0.717, 1.165) is 12.3 Å². The van der Waals surface area contributed by atoms with Gasteiger partial charge in [-0.1, -0.05) is 33.1 Å². The number of rotatable bonds is 2. The van der Waals surface area contributed by atoms with E-state index < -0.39 is 0 Å². The Kier molecular flexibility index (Phi) is 17.8. The van der Waals surface area contributed by atoms with Gasteiger partial charge in [-0.15, -0.1) is 6.42 Å². The fourth-order valence-electron chi connectivity index (χ4n) is 1.57. The summed E-state index contributed by atoms with van der Waals surface area (Å²) in [7, 11) is 0. The molecule has 0 saturated heterocycles. The maximum atomic E-state index is 2.99. The van der Waals surface area contributed by atoms with E-state index in [2.05, 4.69) is 51.1 Å². The minimum atomic E-state index is 0. The van der Waals surface area contributed by atoms with Crippen molar-refractivity contribution in [1.82, 2.24) is 0 Å². The second-order valence-corrected chi connectivity index (χ2v) is 4.40. The predicted octanol–water partition coefficient (Wildman–Crippen LogP) is -1.78. The van der Waals surface area contributed by atoms with Crippen LogP contribution in [0.5, 0.6) is 0 Å². The maximum absolute atomic E-state index is 2.99. The molecule has 3 heteroatoms. The molecule has 1 aliphatic carbocycles. The standard InChI is InChI=1S/C10H15.C5H5.2ClH.Zr/c1-8(2)6-10-5-4-9(3)7-10;1-2-4-5-3-1;;;/h4-5,7-8H,6H2,1-3H3;1-3H,4H2;2*1H;/q2*-1;;;+4/p-2. The summed E-state index contributed by atoms with van der Waals surface area (Å²) in [5.74, 6) is 0.779. The minimum absolute atomic E-state index is 0. The van der Waals surface area contributed by atoms with Crippen LogP contribution in [0.2, 0.25) is 0 Å². The molecule has 98 valence electrons. The monoisotopic (exact) mass is 360 g/mol. The van der Waals surface area contributed by atoms with Gasteiger partial charge in [0.1, 0.15) is 0 Å². The van der Waals surface area contributed by atoms with Crippen molar-refractivity contribution in [3.8, 4) is 0 Å². The largest absolute Gasteiger partial charge is 4.00 e. The number of halogens is 2. The summed E-state index contributed by atoms with van der Waals surface area (Å²) < 4.78 is 0. The van der Waals surface area contributed by atoms with Crippen LogP contribution in [0.25, 0.3) is 0 Å². The van der Waals surface area contributed by atoms with Gasteiger partial charge in [-0.05, 0) is 0 Å². The van der Waals surface area contributed by atoms with Crippen LogP contribution in [0.1, 0.15) is 31.4 Å². The van der Waals surface area contributed by atoms with Gasteiger partial charge in [0.15, 0.2) is 0 Å². The quantitative estimate of drug-likeness (QED) is 0.546. The summed E-state index contributed by atoms with van der Waals surface area (Å²) in [5.41, 5.74) is 2.86. The van der Waals surface area contributed by atoms with Crippen LogP contribution in [-0.2, 0) is 32.6 Å². The van der Waals surface area contributed by atoms with E-state index in [4.69, 9.17) is 0 Å². The second kappa shape index (κ2) is 13.7. The van der Waals surface area contributed by atoms with E-state index >= 15 is 0 Å². The Morgan fingerprint density at radius 2 is 2.00 bits per heavy atom. The molecular weight excluding hydrogens is 342 g/mol. The molecule has 0 aliphatic heterocycles. The zero-order valence-electron chi connectivity index (χ0n) is 11.2. The number of hydrogen-bond donors (Lipinski definition) is 0. The molecule has 0 fully saturated rings. The molecule has 0 bridgehead atoms.